The van der Waals surface area contributed by atoms with Crippen molar-refractivity contribution in [2.75, 3.05) is 14.2 Å². The summed E-state index contributed by atoms with van der Waals surface area (Å²) in [4.78, 5) is 0. The highest BCUT2D eigenvalue weighted by atomic mass is 19.4. The number of benzene rings is 1. The third-order valence-corrected chi connectivity index (χ3v) is 5.73. The van der Waals surface area contributed by atoms with Crippen molar-refractivity contribution in [3.63, 3.8) is 0 Å². The highest BCUT2D eigenvalue weighted by Gasteiger charge is 2.33. The average Bonchev–Trinajstić information content (AvgIpc) is 2.68. The number of methoxy groups -OCH3 is 2. The molecule has 162 valence electrons. The zero-order valence-corrected chi connectivity index (χ0v) is 17.9. The van der Waals surface area contributed by atoms with Crippen LogP contribution in [0.15, 0.2) is 24.3 Å². The Balaban J connectivity index is 2.59. The molecule has 0 aromatic heterocycles. The van der Waals surface area contributed by atoms with Gasteiger partial charge in [-0.25, -0.2) is 0 Å². The second kappa shape index (κ2) is 12.5. The topological polar surface area (TPSA) is 18.5 Å². The Morgan fingerprint density at radius 1 is 0.893 bits per heavy atom. The molecule has 1 unspecified atom stereocenters. The largest absolute Gasteiger partial charge is 0.416 e. The van der Waals surface area contributed by atoms with E-state index in [0.717, 1.165) is 37.3 Å². The Bertz CT molecular complexity index is 539. The normalized spacial score (nSPS) is 13.7. The molecule has 0 fully saturated rings. The van der Waals surface area contributed by atoms with Crippen LogP contribution in [0.2, 0.25) is 0 Å². The van der Waals surface area contributed by atoms with Crippen LogP contribution in [0.3, 0.4) is 0 Å². The Hall–Kier alpha value is -1.07. The van der Waals surface area contributed by atoms with Crippen LogP contribution in [0.4, 0.5) is 13.2 Å². The smallest absolute Gasteiger partial charge is 0.353 e. The second-order valence-electron chi connectivity index (χ2n) is 7.77. The van der Waals surface area contributed by atoms with Crippen LogP contribution in [0, 0.1) is 5.92 Å². The van der Waals surface area contributed by atoms with Crippen LogP contribution >= 0.6 is 0 Å². The van der Waals surface area contributed by atoms with Crippen LogP contribution < -0.4 is 0 Å². The predicted octanol–water partition coefficient (Wildman–Crippen LogP) is 7.40. The van der Waals surface area contributed by atoms with E-state index in [1.54, 1.807) is 20.3 Å². The maximum Gasteiger partial charge on any atom is 0.416 e. The van der Waals surface area contributed by atoms with Crippen molar-refractivity contribution in [2.24, 2.45) is 5.92 Å². The van der Waals surface area contributed by atoms with Gasteiger partial charge in [0, 0.05) is 20.1 Å². The van der Waals surface area contributed by atoms with Crippen molar-refractivity contribution in [1.82, 2.24) is 0 Å². The highest BCUT2D eigenvalue weighted by molar-refractivity contribution is 5.25. The minimum atomic E-state index is -4.29. The standard InChI is InChI=1S/C23H37F3O2/c1-5-6-7-8-9-10-15-20(22(2,27-3)28-4)16-11-13-19-14-12-17-21(18-19)23(24,25)26/h12,14,17-18,20H,5-11,13,15-16H2,1-4H3. The molecule has 1 aromatic rings. The fraction of sp³-hybridized carbons (Fsp3) is 0.739. The van der Waals surface area contributed by atoms with E-state index in [9.17, 15) is 13.2 Å². The number of ether oxygens (including phenoxy) is 2. The Kier molecular flexibility index (Phi) is 11.1. The molecule has 0 aliphatic heterocycles. The first-order chi connectivity index (χ1) is 13.3. The maximum absolute atomic E-state index is 12.9. The molecule has 0 radical (unpaired) electrons. The Labute approximate surface area is 168 Å². The van der Waals surface area contributed by atoms with E-state index in [1.165, 1.54) is 44.2 Å². The summed E-state index contributed by atoms with van der Waals surface area (Å²) in [6, 6.07) is 5.64. The van der Waals surface area contributed by atoms with E-state index in [4.69, 9.17) is 9.47 Å². The second-order valence-corrected chi connectivity index (χ2v) is 7.77. The average molecular weight is 403 g/mol. The van der Waals surface area contributed by atoms with Crippen molar-refractivity contribution >= 4 is 0 Å². The van der Waals surface area contributed by atoms with Gasteiger partial charge in [-0.2, -0.15) is 13.2 Å². The summed E-state index contributed by atoms with van der Waals surface area (Å²) >= 11 is 0. The number of alkyl halides is 3. The number of hydrogen-bond donors (Lipinski definition) is 0. The number of hydrogen-bond acceptors (Lipinski definition) is 2. The van der Waals surface area contributed by atoms with Crippen LogP contribution in [0.25, 0.3) is 0 Å². The third-order valence-electron chi connectivity index (χ3n) is 5.73. The molecule has 0 bridgehead atoms. The summed E-state index contributed by atoms with van der Waals surface area (Å²) in [5, 5.41) is 0. The van der Waals surface area contributed by atoms with E-state index < -0.39 is 17.5 Å². The molecular formula is C23H37F3O2. The van der Waals surface area contributed by atoms with Crippen molar-refractivity contribution < 1.29 is 22.6 Å². The van der Waals surface area contributed by atoms with E-state index in [1.807, 2.05) is 6.92 Å². The molecule has 1 atom stereocenters. The Morgan fingerprint density at radius 3 is 2.11 bits per heavy atom. The first-order valence-corrected chi connectivity index (χ1v) is 10.5. The number of unbranched alkanes of at least 4 members (excludes halogenated alkanes) is 5. The van der Waals surface area contributed by atoms with Crippen LogP contribution in [-0.2, 0) is 22.1 Å². The SMILES string of the molecule is CCCCCCCCC(CCCc1cccc(C(F)(F)F)c1)C(C)(OC)OC. The lowest BCUT2D eigenvalue weighted by Crippen LogP contribution is -2.39. The van der Waals surface area contributed by atoms with Gasteiger partial charge in [0.25, 0.3) is 0 Å². The molecule has 0 spiro atoms. The van der Waals surface area contributed by atoms with Gasteiger partial charge in [-0.05, 0) is 44.2 Å². The van der Waals surface area contributed by atoms with E-state index in [2.05, 4.69) is 6.92 Å². The Morgan fingerprint density at radius 2 is 1.50 bits per heavy atom. The third kappa shape index (κ3) is 8.52. The quantitative estimate of drug-likeness (QED) is 0.238. The molecule has 0 aliphatic rings. The number of rotatable bonds is 14. The van der Waals surface area contributed by atoms with Gasteiger partial charge >= 0.3 is 6.18 Å². The summed E-state index contributed by atoms with van der Waals surface area (Å²) in [5.41, 5.74) is 0.150. The molecule has 5 heteroatoms. The van der Waals surface area contributed by atoms with Gasteiger partial charge in [0.1, 0.15) is 0 Å². The minimum Gasteiger partial charge on any atom is -0.353 e. The zero-order chi connectivity index (χ0) is 21.0. The van der Waals surface area contributed by atoms with Gasteiger partial charge in [0.15, 0.2) is 5.79 Å². The molecule has 28 heavy (non-hydrogen) atoms. The first-order valence-electron chi connectivity index (χ1n) is 10.5. The zero-order valence-electron chi connectivity index (χ0n) is 17.9. The summed E-state index contributed by atoms with van der Waals surface area (Å²) in [7, 11) is 3.31. The lowest BCUT2D eigenvalue weighted by molar-refractivity contribution is -0.230. The molecule has 2 nitrogen and oxygen atoms in total. The lowest BCUT2D eigenvalue weighted by Gasteiger charge is -2.35. The van der Waals surface area contributed by atoms with Crippen LogP contribution in [-0.4, -0.2) is 20.0 Å². The summed E-state index contributed by atoms with van der Waals surface area (Å²) in [6.45, 7) is 4.17. The van der Waals surface area contributed by atoms with E-state index in [-0.39, 0.29) is 5.92 Å². The summed E-state index contributed by atoms with van der Waals surface area (Å²) < 4.78 is 49.9. The minimum absolute atomic E-state index is 0.222. The molecule has 1 rings (SSSR count). The fourth-order valence-corrected chi connectivity index (χ4v) is 3.71. The van der Waals surface area contributed by atoms with Crippen molar-refractivity contribution in [2.45, 2.75) is 90.0 Å². The van der Waals surface area contributed by atoms with Gasteiger partial charge in [-0.15, -0.1) is 0 Å². The van der Waals surface area contributed by atoms with Gasteiger partial charge in [-0.3, -0.25) is 0 Å². The van der Waals surface area contributed by atoms with Gasteiger partial charge in [0.05, 0.1) is 5.56 Å². The van der Waals surface area contributed by atoms with Gasteiger partial charge in [-0.1, -0.05) is 63.6 Å². The van der Waals surface area contributed by atoms with E-state index >= 15 is 0 Å². The molecule has 0 amide bonds. The number of halogens is 3. The number of aryl methyl sites for hydroxylation is 1. The molecule has 0 N–H and O–H groups in total. The van der Waals surface area contributed by atoms with E-state index in [0.29, 0.717) is 6.42 Å². The molecular weight excluding hydrogens is 365 g/mol. The lowest BCUT2D eigenvalue weighted by atomic mass is 9.87. The van der Waals surface area contributed by atoms with Gasteiger partial charge < -0.3 is 9.47 Å². The van der Waals surface area contributed by atoms with Crippen molar-refractivity contribution in [3.8, 4) is 0 Å². The molecule has 0 saturated carbocycles. The summed E-state index contributed by atoms with van der Waals surface area (Å²) in [6.07, 6.45) is 6.40. The fourth-order valence-electron chi connectivity index (χ4n) is 3.71. The highest BCUT2D eigenvalue weighted by Crippen LogP contribution is 2.33. The predicted molar refractivity (Wildman–Crippen MR) is 108 cm³/mol. The van der Waals surface area contributed by atoms with Crippen LogP contribution in [0.1, 0.15) is 82.8 Å². The molecule has 0 saturated heterocycles. The molecule has 0 heterocycles. The van der Waals surface area contributed by atoms with Gasteiger partial charge in [0.2, 0.25) is 0 Å². The molecule has 1 aromatic carbocycles. The van der Waals surface area contributed by atoms with Crippen molar-refractivity contribution in [1.29, 1.82) is 0 Å². The van der Waals surface area contributed by atoms with Crippen LogP contribution in [0.5, 0.6) is 0 Å². The monoisotopic (exact) mass is 402 g/mol. The first kappa shape index (κ1) is 25.0. The summed E-state index contributed by atoms with van der Waals surface area (Å²) in [5.74, 6) is -0.434. The molecule has 0 aliphatic carbocycles. The van der Waals surface area contributed by atoms with Crippen molar-refractivity contribution in [3.05, 3.63) is 35.4 Å². The maximum atomic E-state index is 12.9.